The van der Waals surface area contributed by atoms with E-state index in [0.29, 0.717) is 28.5 Å². The molecule has 1 aliphatic rings. The molecule has 29 heavy (non-hydrogen) atoms. The van der Waals surface area contributed by atoms with Crippen molar-refractivity contribution in [2.75, 3.05) is 17.7 Å². The fourth-order valence-electron chi connectivity index (χ4n) is 3.44. The number of methoxy groups -OCH3 is 1. The fourth-order valence-corrected chi connectivity index (χ4v) is 3.71. The lowest BCUT2D eigenvalue weighted by Crippen LogP contribution is -2.27. The summed E-state index contributed by atoms with van der Waals surface area (Å²) in [5.41, 5.74) is 8.89. The number of hydrogen-bond acceptors (Lipinski definition) is 7. The van der Waals surface area contributed by atoms with Crippen LogP contribution < -0.4 is 15.4 Å². The molecule has 10 heteroatoms. The third-order valence-corrected chi connectivity index (χ3v) is 4.84. The second kappa shape index (κ2) is 7.17. The van der Waals surface area contributed by atoms with E-state index in [1.54, 1.807) is 25.6 Å². The summed E-state index contributed by atoms with van der Waals surface area (Å²) in [6.45, 7) is 3.98. The molecule has 0 atom stereocenters. The number of pyridine rings is 1. The first kappa shape index (κ1) is 18.9. The highest BCUT2D eigenvalue weighted by molar-refractivity contribution is 6.41. The van der Waals surface area contributed by atoms with Crippen molar-refractivity contribution in [3.8, 4) is 5.75 Å². The number of ether oxygens (including phenoxy) is 1. The molecule has 3 N–H and O–H groups in total. The van der Waals surface area contributed by atoms with Crippen molar-refractivity contribution in [2.45, 2.75) is 20.4 Å². The molecule has 0 bridgehead atoms. The van der Waals surface area contributed by atoms with Gasteiger partial charge in [-0.05, 0) is 31.6 Å². The average molecular weight is 412 g/mol. The number of aromatic nitrogens is 5. The summed E-state index contributed by atoms with van der Waals surface area (Å²) in [5, 5.41) is 0.108. The maximum Gasteiger partial charge on any atom is 0.260 e. The van der Waals surface area contributed by atoms with E-state index in [9.17, 15) is 4.79 Å². The first-order chi connectivity index (χ1) is 13.9. The number of anilines is 2. The summed E-state index contributed by atoms with van der Waals surface area (Å²) in [6.07, 6.45) is 4.88. The van der Waals surface area contributed by atoms with Crippen LogP contribution in [0.25, 0.3) is 11.6 Å². The number of fused-ring (bicyclic) bond motifs is 1. The van der Waals surface area contributed by atoms with Gasteiger partial charge >= 0.3 is 0 Å². The monoisotopic (exact) mass is 411 g/mol. The summed E-state index contributed by atoms with van der Waals surface area (Å²) in [4.78, 5) is 34.6. The number of H-pyrrole nitrogens is 1. The number of nitrogens with zero attached hydrogens (tertiary/aromatic N) is 5. The summed E-state index contributed by atoms with van der Waals surface area (Å²) in [5.74, 6) is 1.28. The molecule has 1 amide bonds. The van der Waals surface area contributed by atoms with Crippen molar-refractivity contribution in [3.63, 3.8) is 0 Å². The molecule has 3 aromatic rings. The van der Waals surface area contributed by atoms with Gasteiger partial charge in [0, 0.05) is 12.4 Å². The standard InChI is InChI=1S/C19H18ClN7O2/c1-9-6-11(24-10(2)15(9)29-3)8-27-17-14(16(20)25-19(21)26-17)12(18(27)28)7-13-22-4-5-23-13/h4-7H,8H2,1-3H3,(H,22,23)(H2,21,25,26)/b12-7-. The van der Waals surface area contributed by atoms with Crippen LogP contribution in [0.15, 0.2) is 18.5 Å². The highest BCUT2D eigenvalue weighted by Gasteiger charge is 2.37. The maximum absolute atomic E-state index is 13.2. The molecule has 4 heterocycles. The average Bonchev–Trinajstić information content (AvgIpc) is 3.24. The van der Waals surface area contributed by atoms with Crippen molar-refractivity contribution < 1.29 is 9.53 Å². The number of aromatic amines is 1. The van der Waals surface area contributed by atoms with E-state index in [4.69, 9.17) is 22.1 Å². The molecule has 0 saturated heterocycles. The minimum absolute atomic E-state index is 0.0131. The van der Waals surface area contributed by atoms with Crippen LogP contribution in [0.1, 0.15) is 28.3 Å². The quantitative estimate of drug-likeness (QED) is 0.499. The number of nitrogens with one attached hydrogen (secondary N) is 1. The van der Waals surface area contributed by atoms with Crippen molar-refractivity contribution in [2.24, 2.45) is 0 Å². The normalized spacial score (nSPS) is 14.6. The molecule has 9 nitrogen and oxygen atoms in total. The summed E-state index contributed by atoms with van der Waals surface area (Å²) < 4.78 is 5.37. The van der Waals surface area contributed by atoms with Crippen molar-refractivity contribution in [3.05, 3.63) is 52.0 Å². The van der Waals surface area contributed by atoms with Crippen molar-refractivity contribution in [1.82, 2.24) is 24.9 Å². The predicted octanol–water partition coefficient (Wildman–Crippen LogP) is 2.54. The minimum Gasteiger partial charge on any atom is -0.495 e. The van der Waals surface area contributed by atoms with Crippen LogP contribution in [0.3, 0.4) is 0 Å². The van der Waals surface area contributed by atoms with Gasteiger partial charge in [-0.25, -0.2) is 9.97 Å². The molecule has 148 valence electrons. The Hall–Kier alpha value is -3.46. The van der Waals surface area contributed by atoms with Gasteiger partial charge < -0.3 is 15.5 Å². The molecule has 0 spiro atoms. The first-order valence-electron chi connectivity index (χ1n) is 8.76. The Morgan fingerprint density at radius 2 is 2.10 bits per heavy atom. The molecule has 4 rings (SSSR count). The van der Waals surface area contributed by atoms with E-state index in [-0.39, 0.29) is 23.6 Å². The Kier molecular flexibility index (Phi) is 4.67. The zero-order chi connectivity index (χ0) is 20.7. The van der Waals surface area contributed by atoms with E-state index in [1.165, 1.54) is 4.90 Å². The van der Waals surface area contributed by atoms with Crippen LogP contribution in [0.2, 0.25) is 5.15 Å². The number of nitrogen functional groups attached to an aromatic ring is 1. The number of nitrogens with two attached hydrogens (primary N) is 1. The predicted molar refractivity (Wildman–Crippen MR) is 109 cm³/mol. The number of hydrogen-bond donors (Lipinski definition) is 2. The van der Waals surface area contributed by atoms with Crippen molar-refractivity contribution in [1.29, 1.82) is 0 Å². The van der Waals surface area contributed by atoms with Gasteiger partial charge in [-0.15, -0.1) is 0 Å². The zero-order valence-corrected chi connectivity index (χ0v) is 16.8. The van der Waals surface area contributed by atoms with E-state index in [2.05, 4.69) is 24.9 Å². The zero-order valence-electron chi connectivity index (χ0n) is 16.0. The van der Waals surface area contributed by atoms with Gasteiger partial charge in [0.05, 0.1) is 36.2 Å². The van der Waals surface area contributed by atoms with Gasteiger partial charge in [0.2, 0.25) is 5.95 Å². The fraction of sp³-hybridized carbons (Fsp3) is 0.211. The second-order valence-electron chi connectivity index (χ2n) is 6.54. The Bertz CT molecular complexity index is 1120. The smallest absolute Gasteiger partial charge is 0.260 e. The number of carbonyl (C=O) groups excluding carboxylic acids is 1. The van der Waals surface area contributed by atoms with Crippen LogP contribution in [0.4, 0.5) is 11.8 Å². The molecule has 0 aromatic carbocycles. The van der Waals surface area contributed by atoms with Crippen molar-refractivity contribution >= 4 is 40.9 Å². The summed E-state index contributed by atoms with van der Waals surface area (Å²) in [7, 11) is 1.60. The lowest BCUT2D eigenvalue weighted by atomic mass is 10.1. The molecular formula is C19H18ClN7O2. The molecular weight excluding hydrogens is 394 g/mol. The van der Waals surface area contributed by atoms with Gasteiger partial charge in [-0.2, -0.15) is 4.98 Å². The Morgan fingerprint density at radius 3 is 2.76 bits per heavy atom. The van der Waals surface area contributed by atoms with E-state index in [1.807, 2.05) is 19.9 Å². The lowest BCUT2D eigenvalue weighted by Gasteiger charge is -2.17. The van der Waals surface area contributed by atoms with Crippen LogP contribution in [-0.4, -0.2) is 37.9 Å². The summed E-state index contributed by atoms with van der Waals surface area (Å²) >= 11 is 6.32. The number of halogens is 1. The SMILES string of the molecule is COc1c(C)cc(CN2C(=O)/C(=C\c3ncc[nH]3)c3c(Cl)nc(N)nc32)nc1C. The highest BCUT2D eigenvalue weighted by atomic mass is 35.5. The number of aryl methyl sites for hydroxylation is 2. The van der Waals surface area contributed by atoms with Crippen LogP contribution >= 0.6 is 11.6 Å². The topological polar surface area (TPSA) is 123 Å². The van der Waals surface area contributed by atoms with E-state index in [0.717, 1.165) is 17.0 Å². The minimum atomic E-state index is -0.286. The lowest BCUT2D eigenvalue weighted by molar-refractivity contribution is -0.113. The van der Waals surface area contributed by atoms with Crippen LogP contribution in [0.5, 0.6) is 5.75 Å². The molecule has 1 aliphatic heterocycles. The molecule has 0 fully saturated rings. The third-order valence-electron chi connectivity index (χ3n) is 4.57. The number of rotatable bonds is 4. The van der Waals surface area contributed by atoms with Gasteiger partial charge in [0.1, 0.15) is 16.7 Å². The molecule has 0 radical (unpaired) electrons. The molecule has 3 aromatic heterocycles. The van der Waals surface area contributed by atoms with Gasteiger partial charge in [0.25, 0.3) is 5.91 Å². The maximum atomic E-state index is 13.2. The molecule has 0 saturated carbocycles. The third kappa shape index (κ3) is 3.29. The Labute approximate surface area is 171 Å². The number of amides is 1. The molecule has 0 aliphatic carbocycles. The Balaban J connectivity index is 1.80. The highest BCUT2D eigenvalue weighted by Crippen LogP contribution is 2.41. The molecule has 0 unspecified atom stereocenters. The van der Waals surface area contributed by atoms with E-state index >= 15 is 0 Å². The first-order valence-corrected chi connectivity index (χ1v) is 9.14. The van der Waals surface area contributed by atoms with Gasteiger partial charge in [-0.3, -0.25) is 14.7 Å². The van der Waals surface area contributed by atoms with E-state index < -0.39 is 0 Å². The summed E-state index contributed by atoms with van der Waals surface area (Å²) in [6, 6.07) is 1.87. The van der Waals surface area contributed by atoms with Gasteiger partial charge in [-0.1, -0.05) is 11.6 Å². The Morgan fingerprint density at radius 1 is 1.31 bits per heavy atom. The van der Waals surface area contributed by atoms with Gasteiger partial charge in [0.15, 0.2) is 5.82 Å². The number of carbonyl (C=O) groups is 1. The van der Waals surface area contributed by atoms with Crippen LogP contribution in [-0.2, 0) is 11.3 Å². The second-order valence-corrected chi connectivity index (χ2v) is 6.90. The largest absolute Gasteiger partial charge is 0.495 e. The number of imidazole rings is 1. The van der Waals surface area contributed by atoms with Crippen LogP contribution in [0, 0.1) is 13.8 Å².